The van der Waals surface area contributed by atoms with Crippen molar-refractivity contribution in [2.24, 2.45) is 0 Å². The predicted molar refractivity (Wildman–Crippen MR) is 264 cm³/mol. The number of alkyl halides is 6. The van der Waals surface area contributed by atoms with Gasteiger partial charge < -0.3 is 9.80 Å². The second-order valence-electron chi connectivity index (χ2n) is 17.1. The molecule has 0 saturated heterocycles. The first-order chi connectivity index (χ1) is 33.0. The molecule has 0 N–H and O–H groups in total. The number of hydrogen-bond acceptors (Lipinski definition) is 2. The van der Waals surface area contributed by atoms with Crippen LogP contribution in [0.2, 0.25) is 0 Å². The molecule has 0 amide bonds. The number of nitrogens with zero attached hydrogens (tertiary/aromatic N) is 2. The van der Waals surface area contributed by atoms with E-state index in [1.807, 2.05) is 168 Å². The maximum absolute atomic E-state index is 14.2. The van der Waals surface area contributed by atoms with Gasteiger partial charge in [0.05, 0.1) is 11.1 Å². The van der Waals surface area contributed by atoms with Crippen molar-refractivity contribution in [2.75, 3.05) is 9.80 Å². The highest BCUT2D eigenvalue weighted by atomic mass is 19.4. The fraction of sp³-hybridized carbons (Fsp3) is 0.133. The number of hydrogen-bond donors (Lipinski definition) is 0. The van der Waals surface area contributed by atoms with Gasteiger partial charge in [0.2, 0.25) is 0 Å². The van der Waals surface area contributed by atoms with E-state index in [1.54, 1.807) is 12.1 Å². The van der Waals surface area contributed by atoms with E-state index in [4.69, 9.17) is 0 Å². The van der Waals surface area contributed by atoms with Crippen LogP contribution in [0.3, 0.4) is 0 Å². The monoisotopic (exact) mass is 910 g/mol. The number of halogens is 6. The zero-order chi connectivity index (χ0) is 47.1. The molecule has 9 rings (SSSR count). The van der Waals surface area contributed by atoms with E-state index in [0.717, 1.165) is 88.8 Å². The summed E-state index contributed by atoms with van der Waals surface area (Å²) in [6.07, 6.45) is -0.418. The van der Waals surface area contributed by atoms with Crippen LogP contribution in [-0.2, 0) is 17.8 Å². The Morgan fingerprint density at radius 3 is 0.985 bits per heavy atom. The third kappa shape index (κ3) is 10.1. The summed E-state index contributed by atoms with van der Waals surface area (Å²) in [6.45, 7) is 0. The molecule has 68 heavy (non-hydrogen) atoms. The summed E-state index contributed by atoms with van der Waals surface area (Å²) in [4.78, 5) is 3.65. The van der Waals surface area contributed by atoms with Crippen LogP contribution < -0.4 is 9.80 Å². The fourth-order valence-electron chi connectivity index (χ4n) is 9.40. The Labute approximate surface area is 393 Å². The lowest BCUT2D eigenvalue weighted by molar-refractivity contribution is -0.138. The SMILES string of the molecule is FC(F)(F)c1cccc(N(C=C(c2ccccc2)c2ccccc2)c2ccc(C3(c4ccc(N(C=C(c5ccccc5)c5ccccc5)c5cccc(C(F)(F)F)c5)cc4)CCCCC3)cc2)c1. The van der Waals surface area contributed by atoms with Gasteiger partial charge in [0.1, 0.15) is 0 Å². The molecular weight excluding hydrogens is 863 g/mol. The molecule has 0 heterocycles. The quantitative estimate of drug-likeness (QED) is 0.113. The van der Waals surface area contributed by atoms with Gasteiger partial charge in [0.25, 0.3) is 0 Å². The number of benzene rings is 8. The van der Waals surface area contributed by atoms with Crippen molar-refractivity contribution in [3.63, 3.8) is 0 Å². The highest BCUT2D eigenvalue weighted by Gasteiger charge is 2.37. The number of anilines is 4. The first-order valence-electron chi connectivity index (χ1n) is 22.8. The van der Waals surface area contributed by atoms with Crippen molar-refractivity contribution in [1.82, 2.24) is 0 Å². The first-order valence-corrected chi connectivity index (χ1v) is 22.8. The molecule has 1 aliphatic carbocycles. The Kier molecular flexibility index (Phi) is 13.2. The van der Waals surface area contributed by atoms with Crippen molar-refractivity contribution in [2.45, 2.75) is 49.9 Å². The van der Waals surface area contributed by atoms with Crippen molar-refractivity contribution in [3.8, 4) is 0 Å². The summed E-state index contributed by atoms with van der Waals surface area (Å²) in [5.41, 5.74) is 7.72. The van der Waals surface area contributed by atoms with Gasteiger partial charge in [-0.1, -0.05) is 177 Å². The third-order valence-electron chi connectivity index (χ3n) is 12.9. The molecular formula is C60H48F6N2. The van der Waals surface area contributed by atoms with Gasteiger partial charge >= 0.3 is 12.4 Å². The van der Waals surface area contributed by atoms with Gasteiger partial charge in [-0.25, -0.2) is 0 Å². The zero-order valence-corrected chi connectivity index (χ0v) is 37.1. The van der Waals surface area contributed by atoms with Crippen molar-refractivity contribution in [3.05, 3.63) is 275 Å². The van der Waals surface area contributed by atoms with Gasteiger partial charge in [-0.3, -0.25) is 0 Å². The predicted octanol–water partition coefficient (Wildman–Crippen LogP) is 17.4. The van der Waals surface area contributed by atoms with E-state index < -0.39 is 23.5 Å². The molecule has 1 saturated carbocycles. The molecule has 0 spiro atoms. The first kappa shape index (κ1) is 45.6. The average molecular weight is 911 g/mol. The van der Waals surface area contributed by atoms with Crippen LogP contribution in [0.25, 0.3) is 11.1 Å². The van der Waals surface area contributed by atoms with Crippen LogP contribution in [0.15, 0.2) is 231 Å². The average Bonchev–Trinajstić information content (AvgIpc) is 3.38. The molecule has 0 bridgehead atoms. The zero-order valence-electron chi connectivity index (χ0n) is 37.1. The summed E-state index contributed by atoms with van der Waals surface area (Å²) >= 11 is 0. The molecule has 0 radical (unpaired) electrons. The van der Waals surface area contributed by atoms with Crippen LogP contribution in [0.5, 0.6) is 0 Å². The van der Waals surface area contributed by atoms with Gasteiger partial charge in [0, 0.05) is 51.7 Å². The minimum atomic E-state index is -4.54. The maximum Gasteiger partial charge on any atom is 0.416 e. The van der Waals surface area contributed by atoms with Crippen LogP contribution in [-0.4, -0.2) is 0 Å². The van der Waals surface area contributed by atoms with Gasteiger partial charge in [-0.2, -0.15) is 26.3 Å². The van der Waals surface area contributed by atoms with E-state index in [9.17, 15) is 26.3 Å². The summed E-state index contributed by atoms with van der Waals surface area (Å²) < 4.78 is 85.3. The Hall–Kier alpha value is -7.58. The summed E-state index contributed by atoms with van der Waals surface area (Å²) in [7, 11) is 0. The molecule has 8 heteroatoms. The van der Waals surface area contributed by atoms with E-state index in [0.29, 0.717) is 22.7 Å². The third-order valence-corrected chi connectivity index (χ3v) is 12.9. The highest BCUT2D eigenvalue weighted by molar-refractivity contribution is 5.85. The van der Waals surface area contributed by atoms with Crippen molar-refractivity contribution >= 4 is 33.9 Å². The second-order valence-corrected chi connectivity index (χ2v) is 17.1. The molecule has 1 fully saturated rings. The summed E-state index contributed by atoms with van der Waals surface area (Å²) in [5.74, 6) is 0. The van der Waals surface area contributed by atoms with Gasteiger partial charge in [-0.15, -0.1) is 0 Å². The Bertz CT molecular complexity index is 2690. The van der Waals surface area contributed by atoms with Crippen LogP contribution in [0.1, 0.15) is 76.6 Å². The minimum absolute atomic E-state index is 0.363. The largest absolute Gasteiger partial charge is 0.416 e. The lowest BCUT2D eigenvalue weighted by atomic mass is 9.65. The molecule has 0 aliphatic heterocycles. The van der Waals surface area contributed by atoms with Crippen molar-refractivity contribution < 1.29 is 26.3 Å². The molecule has 0 atom stereocenters. The second kappa shape index (κ2) is 19.7. The molecule has 2 nitrogen and oxygen atoms in total. The lowest BCUT2D eigenvalue weighted by Gasteiger charge is -2.39. The molecule has 1 aliphatic rings. The van der Waals surface area contributed by atoms with Gasteiger partial charge in [0.15, 0.2) is 0 Å². The normalized spacial score (nSPS) is 13.6. The minimum Gasteiger partial charge on any atom is -0.317 e. The molecule has 8 aromatic rings. The highest BCUT2D eigenvalue weighted by Crippen LogP contribution is 2.47. The van der Waals surface area contributed by atoms with E-state index >= 15 is 0 Å². The molecule has 0 unspecified atom stereocenters. The van der Waals surface area contributed by atoms with E-state index in [-0.39, 0.29) is 5.41 Å². The number of rotatable bonds is 12. The fourth-order valence-corrected chi connectivity index (χ4v) is 9.40. The van der Waals surface area contributed by atoms with Gasteiger partial charge in [-0.05, 0) is 107 Å². The van der Waals surface area contributed by atoms with E-state index in [1.165, 1.54) is 24.3 Å². The Balaban J connectivity index is 1.14. The maximum atomic E-state index is 14.2. The van der Waals surface area contributed by atoms with Crippen LogP contribution in [0.4, 0.5) is 49.1 Å². The van der Waals surface area contributed by atoms with Crippen molar-refractivity contribution in [1.29, 1.82) is 0 Å². The summed E-state index contributed by atoms with van der Waals surface area (Å²) in [6, 6.07) is 66.3. The van der Waals surface area contributed by atoms with Crippen LogP contribution >= 0.6 is 0 Å². The standard InChI is InChI=1S/C60H48F6N2/c61-59(62,63)50-26-16-28-54(40-50)67(42-56(44-18-6-1-7-19-44)45-20-8-2-9-21-45)52-34-30-48(31-35-52)58(38-14-5-15-39-58)49-32-36-53(37-33-49)68(55-29-17-27-51(41-55)60(64,65)66)43-57(46-22-10-3-11-23-46)47-24-12-4-13-25-47/h1-4,6-13,16-37,40-43H,5,14-15,38-39H2. The smallest absolute Gasteiger partial charge is 0.317 e. The summed E-state index contributed by atoms with van der Waals surface area (Å²) in [5, 5.41) is 0. The lowest BCUT2D eigenvalue weighted by Crippen LogP contribution is -2.30. The molecule has 0 aromatic heterocycles. The molecule has 340 valence electrons. The Morgan fingerprint density at radius 2 is 0.676 bits per heavy atom. The Morgan fingerprint density at radius 1 is 0.353 bits per heavy atom. The topological polar surface area (TPSA) is 6.48 Å². The van der Waals surface area contributed by atoms with E-state index in [2.05, 4.69) is 24.3 Å². The van der Waals surface area contributed by atoms with Crippen LogP contribution in [0, 0.1) is 0 Å². The molecule has 8 aromatic carbocycles.